The molecule has 2 aliphatic rings. The number of hydrogen-bond donors (Lipinski definition) is 0. The number of pyridine rings is 1. The Labute approximate surface area is 147 Å². The molecule has 3 aromatic rings. The van der Waals surface area contributed by atoms with Gasteiger partial charge in [0.15, 0.2) is 0 Å². The van der Waals surface area contributed by atoms with Crippen molar-refractivity contribution in [1.82, 2.24) is 4.98 Å². The molecule has 1 spiro atoms. The first-order chi connectivity index (χ1) is 11.7. The summed E-state index contributed by atoms with van der Waals surface area (Å²) < 4.78 is 0. The molecule has 122 valence electrons. The van der Waals surface area contributed by atoms with Crippen LogP contribution in [-0.2, 0) is 5.54 Å². The van der Waals surface area contributed by atoms with Crippen LogP contribution < -0.4 is 4.90 Å². The van der Waals surface area contributed by atoms with Crippen LogP contribution in [0.5, 0.6) is 0 Å². The molecule has 2 aromatic heterocycles. The lowest BCUT2D eigenvalue weighted by Gasteiger charge is -2.41. The molecular weight excluding hydrogens is 312 g/mol. The molecule has 1 aromatic carbocycles. The molecule has 1 aliphatic heterocycles. The lowest BCUT2D eigenvalue weighted by molar-refractivity contribution is 0.418. The number of fused-ring (bicyclic) bond motifs is 4. The molecule has 0 saturated heterocycles. The fourth-order valence-electron chi connectivity index (χ4n) is 5.06. The van der Waals surface area contributed by atoms with Gasteiger partial charge in [-0.1, -0.05) is 37.1 Å². The second-order valence-corrected chi connectivity index (χ2v) is 8.30. The summed E-state index contributed by atoms with van der Waals surface area (Å²) in [6, 6.07) is 13.7. The van der Waals surface area contributed by atoms with E-state index in [-0.39, 0.29) is 5.54 Å². The minimum Gasteiger partial charge on any atom is -0.354 e. The van der Waals surface area contributed by atoms with E-state index < -0.39 is 0 Å². The Kier molecular flexibility index (Phi) is 3.05. The molecule has 1 fully saturated rings. The van der Waals surface area contributed by atoms with E-state index in [1.54, 1.807) is 5.56 Å². The number of aryl methyl sites for hydroxylation is 1. The number of anilines is 1. The van der Waals surface area contributed by atoms with Gasteiger partial charge in [-0.05, 0) is 44.4 Å². The monoisotopic (exact) mass is 334 g/mol. The van der Waals surface area contributed by atoms with Crippen molar-refractivity contribution in [2.75, 3.05) is 4.90 Å². The first kappa shape index (κ1) is 14.5. The molecule has 0 bridgehead atoms. The summed E-state index contributed by atoms with van der Waals surface area (Å²) in [5, 5.41) is 1.39. The summed E-state index contributed by atoms with van der Waals surface area (Å²) in [6.45, 7) is 4.63. The van der Waals surface area contributed by atoms with Gasteiger partial charge in [0.25, 0.3) is 0 Å². The fraction of sp³-hybridized carbons (Fsp3) is 0.381. The zero-order valence-electron chi connectivity index (χ0n) is 14.2. The molecule has 0 unspecified atom stereocenters. The first-order valence-electron chi connectivity index (χ1n) is 8.95. The molecule has 2 nitrogen and oxygen atoms in total. The Morgan fingerprint density at radius 2 is 1.92 bits per heavy atom. The Bertz CT molecular complexity index is 920. The molecule has 0 N–H and O–H groups in total. The zero-order chi connectivity index (χ0) is 16.3. The highest BCUT2D eigenvalue weighted by molar-refractivity contribution is 7.19. The number of para-hydroxylation sites is 1. The molecule has 0 radical (unpaired) electrons. The van der Waals surface area contributed by atoms with Gasteiger partial charge in [-0.25, -0.2) is 4.98 Å². The largest absolute Gasteiger partial charge is 0.354 e. The Morgan fingerprint density at radius 3 is 2.71 bits per heavy atom. The number of aromatic nitrogens is 1. The highest BCUT2D eigenvalue weighted by atomic mass is 32.1. The molecule has 0 amide bonds. The van der Waals surface area contributed by atoms with Crippen molar-refractivity contribution in [3.8, 4) is 0 Å². The van der Waals surface area contributed by atoms with Gasteiger partial charge in [0.1, 0.15) is 4.83 Å². The molecule has 1 aliphatic carbocycles. The highest BCUT2D eigenvalue weighted by Crippen LogP contribution is 2.60. The van der Waals surface area contributed by atoms with Crippen molar-refractivity contribution in [1.29, 1.82) is 0 Å². The van der Waals surface area contributed by atoms with Crippen LogP contribution in [0.3, 0.4) is 0 Å². The summed E-state index contributed by atoms with van der Waals surface area (Å²) in [5.41, 5.74) is 4.55. The van der Waals surface area contributed by atoms with Gasteiger partial charge in [0, 0.05) is 27.7 Å². The van der Waals surface area contributed by atoms with Gasteiger partial charge in [0.2, 0.25) is 0 Å². The molecule has 5 rings (SSSR count). The van der Waals surface area contributed by atoms with Gasteiger partial charge in [0.05, 0.1) is 11.6 Å². The third-order valence-corrected chi connectivity index (χ3v) is 7.28. The summed E-state index contributed by atoms with van der Waals surface area (Å²) in [4.78, 5) is 10.1. The van der Waals surface area contributed by atoms with Gasteiger partial charge < -0.3 is 4.90 Å². The maximum Gasteiger partial charge on any atom is 0.123 e. The Morgan fingerprint density at radius 1 is 1.12 bits per heavy atom. The van der Waals surface area contributed by atoms with Gasteiger partial charge in [-0.15, -0.1) is 11.3 Å². The average Bonchev–Trinajstić information content (AvgIpc) is 3.26. The van der Waals surface area contributed by atoms with E-state index in [2.05, 4.69) is 60.1 Å². The summed E-state index contributed by atoms with van der Waals surface area (Å²) in [6.07, 6.45) is 7.11. The molecule has 24 heavy (non-hydrogen) atoms. The van der Waals surface area contributed by atoms with Crippen molar-refractivity contribution in [3.63, 3.8) is 0 Å². The minimum absolute atomic E-state index is 0.169. The van der Waals surface area contributed by atoms with Crippen molar-refractivity contribution in [3.05, 3.63) is 58.6 Å². The average molecular weight is 334 g/mol. The lowest BCUT2D eigenvalue weighted by atomic mass is 9.87. The van der Waals surface area contributed by atoms with Crippen LogP contribution in [-0.4, -0.2) is 4.98 Å². The number of thiophene rings is 1. The molecule has 3 heterocycles. The summed E-state index contributed by atoms with van der Waals surface area (Å²) >= 11 is 1.91. The maximum atomic E-state index is 4.65. The van der Waals surface area contributed by atoms with Crippen LogP contribution >= 0.6 is 11.3 Å². The van der Waals surface area contributed by atoms with E-state index in [9.17, 15) is 0 Å². The van der Waals surface area contributed by atoms with Crippen LogP contribution in [0.1, 0.15) is 54.7 Å². The smallest absolute Gasteiger partial charge is 0.123 e. The van der Waals surface area contributed by atoms with E-state index in [0.717, 1.165) is 0 Å². The van der Waals surface area contributed by atoms with Crippen LogP contribution in [0.15, 0.2) is 42.6 Å². The lowest BCUT2D eigenvalue weighted by Crippen LogP contribution is -2.40. The SMILES string of the molecule is Cc1ccccc1N1[C@@H](C)c2sc3ncccc3c2C12CCCC2. The normalized spacial score (nSPS) is 21.8. The van der Waals surface area contributed by atoms with E-state index >= 15 is 0 Å². The van der Waals surface area contributed by atoms with Crippen molar-refractivity contribution in [2.45, 2.75) is 51.1 Å². The zero-order valence-corrected chi connectivity index (χ0v) is 15.1. The number of benzene rings is 1. The molecule has 1 atom stereocenters. The van der Waals surface area contributed by atoms with Gasteiger partial charge in [-0.2, -0.15) is 0 Å². The number of hydrogen-bond acceptors (Lipinski definition) is 3. The van der Waals surface area contributed by atoms with Crippen LogP contribution in [0.4, 0.5) is 5.69 Å². The second-order valence-electron chi connectivity index (χ2n) is 7.27. The van der Waals surface area contributed by atoms with E-state index in [1.807, 2.05) is 17.5 Å². The third-order valence-electron chi connectivity index (χ3n) is 5.99. The second kappa shape index (κ2) is 5.06. The first-order valence-corrected chi connectivity index (χ1v) is 9.77. The number of rotatable bonds is 1. The van der Waals surface area contributed by atoms with Crippen molar-refractivity contribution in [2.24, 2.45) is 0 Å². The quantitative estimate of drug-likeness (QED) is 0.546. The van der Waals surface area contributed by atoms with Crippen LogP contribution in [0, 0.1) is 6.92 Å². The molecule has 3 heteroatoms. The predicted octanol–water partition coefficient (Wildman–Crippen LogP) is 5.96. The van der Waals surface area contributed by atoms with Crippen LogP contribution in [0.25, 0.3) is 10.2 Å². The maximum absolute atomic E-state index is 4.65. The van der Waals surface area contributed by atoms with Crippen molar-refractivity contribution >= 4 is 27.2 Å². The van der Waals surface area contributed by atoms with Gasteiger partial charge in [-0.3, -0.25) is 0 Å². The summed E-state index contributed by atoms with van der Waals surface area (Å²) in [5.74, 6) is 0. The van der Waals surface area contributed by atoms with E-state index in [0.29, 0.717) is 6.04 Å². The molecular formula is C21H22N2S. The van der Waals surface area contributed by atoms with E-state index in [1.165, 1.54) is 52.0 Å². The Balaban J connectivity index is 1.80. The summed E-state index contributed by atoms with van der Waals surface area (Å²) in [7, 11) is 0. The molecule has 1 saturated carbocycles. The minimum atomic E-state index is 0.169. The fourth-order valence-corrected chi connectivity index (χ4v) is 6.34. The van der Waals surface area contributed by atoms with Gasteiger partial charge >= 0.3 is 0 Å². The van der Waals surface area contributed by atoms with E-state index in [4.69, 9.17) is 0 Å². The Hall–Kier alpha value is -1.87. The topological polar surface area (TPSA) is 16.1 Å². The highest BCUT2D eigenvalue weighted by Gasteiger charge is 2.52. The predicted molar refractivity (Wildman–Crippen MR) is 102 cm³/mol. The third kappa shape index (κ3) is 1.74. The standard InChI is InChI=1S/C21H22N2S/c1-14-8-3-4-10-17(14)23-15(2)19-18(21(23)11-5-6-12-21)16-9-7-13-22-20(16)24-19/h3-4,7-10,13,15H,5-6,11-12H2,1-2H3/t15-/m0/s1. The van der Waals surface area contributed by atoms with Crippen molar-refractivity contribution < 1.29 is 0 Å². The van der Waals surface area contributed by atoms with Crippen LogP contribution in [0.2, 0.25) is 0 Å². The number of nitrogens with zero attached hydrogens (tertiary/aromatic N) is 2.